The van der Waals surface area contributed by atoms with Gasteiger partial charge in [-0.2, -0.15) is 0 Å². The second-order valence-electron chi connectivity index (χ2n) is 4.32. The quantitative estimate of drug-likeness (QED) is 0.775. The van der Waals surface area contributed by atoms with Gasteiger partial charge >= 0.3 is 0 Å². The molecule has 0 fully saturated rings. The second-order valence-corrected chi connectivity index (χ2v) is 4.32. The standard InChI is InChI=1S/C14H15NO3/c1-9(2)17-12-6-4-11(5-7-12)14-13(10(3)16)8-15-18-14/h4-9H,1-3H3. The molecule has 0 N–H and O–H groups in total. The SMILES string of the molecule is CC(=O)c1cnoc1-c1ccc(OC(C)C)cc1. The highest BCUT2D eigenvalue weighted by Gasteiger charge is 2.14. The number of rotatable bonds is 4. The Balaban J connectivity index is 2.29. The van der Waals surface area contributed by atoms with E-state index in [2.05, 4.69) is 5.16 Å². The fourth-order valence-corrected chi connectivity index (χ4v) is 1.66. The molecule has 1 heterocycles. The maximum atomic E-state index is 11.4. The fourth-order valence-electron chi connectivity index (χ4n) is 1.66. The monoisotopic (exact) mass is 245 g/mol. The van der Waals surface area contributed by atoms with Gasteiger partial charge in [-0.15, -0.1) is 0 Å². The Labute approximate surface area is 106 Å². The molecule has 18 heavy (non-hydrogen) atoms. The van der Waals surface area contributed by atoms with Crippen molar-refractivity contribution in [2.24, 2.45) is 0 Å². The predicted octanol–water partition coefficient (Wildman–Crippen LogP) is 3.33. The summed E-state index contributed by atoms with van der Waals surface area (Å²) < 4.78 is 10.7. The molecule has 4 nitrogen and oxygen atoms in total. The predicted molar refractivity (Wildman–Crippen MR) is 67.7 cm³/mol. The van der Waals surface area contributed by atoms with Crippen molar-refractivity contribution in [3.05, 3.63) is 36.0 Å². The van der Waals surface area contributed by atoms with Crippen molar-refractivity contribution >= 4 is 5.78 Å². The van der Waals surface area contributed by atoms with Crippen molar-refractivity contribution < 1.29 is 14.1 Å². The van der Waals surface area contributed by atoms with Gasteiger partial charge in [-0.1, -0.05) is 5.16 Å². The van der Waals surface area contributed by atoms with E-state index in [9.17, 15) is 4.79 Å². The summed E-state index contributed by atoms with van der Waals surface area (Å²) in [6, 6.07) is 7.40. The molecule has 0 radical (unpaired) electrons. The lowest BCUT2D eigenvalue weighted by Crippen LogP contribution is -2.05. The molecular weight excluding hydrogens is 230 g/mol. The molecule has 0 unspecified atom stereocenters. The smallest absolute Gasteiger partial charge is 0.177 e. The molecule has 0 aliphatic heterocycles. The molecule has 0 saturated heterocycles. The lowest BCUT2D eigenvalue weighted by molar-refractivity contribution is 0.101. The van der Waals surface area contributed by atoms with Crippen LogP contribution in [0.4, 0.5) is 0 Å². The Bertz CT molecular complexity index is 540. The van der Waals surface area contributed by atoms with Gasteiger partial charge in [0.05, 0.1) is 17.9 Å². The minimum Gasteiger partial charge on any atom is -0.491 e. The first-order valence-corrected chi connectivity index (χ1v) is 5.80. The van der Waals surface area contributed by atoms with Crippen LogP contribution in [-0.4, -0.2) is 17.0 Å². The number of ether oxygens (including phenoxy) is 1. The maximum absolute atomic E-state index is 11.4. The van der Waals surface area contributed by atoms with Gasteiger partial charge < -0.3 is 9.26 Å². The zero-order valence-electron chi connectivity index (χ0n) is 10.6. The van der Waals surface area contributed by atoms with E-state index in [1.165, 1.54) is 13.1 Å². The van der Waals surface area contributed by atoms with Crippen molar-refractivity contribution in [2.45, 2.75) is 26.9 Å². The molecule has 1 aromatic carbocycles. The van der Waals surface area contributed by atoms with Crippen LogP contribution in [0, 0.1) is 0 Å². The minimum atomic E-state index is -0.0613. The Morgan fingerprint density at radius 2 is 1.94 bits per heavy atom. The Kier molecular flexibility index (Phi) is 3.46. The van der Waals surface area contributed by atoms with E-state index in [-0.39, 0.29) is 11.9 Å². The van der Waals surface area contributed by atoms with Crippen LogP contribution in [0.15, 0.2) is 35.0 Å². The highest BCUT2D eigenvalue weighted by atomic mass is 16.5. The molecule has 1 aromatic heterocycles. The van der Waals surface area contributed by atoms with E-state index in [0.717, 1.165) is 11.3 Å². The van der Waals surface area contributed by atoms with Gasteiger partial charge in [0.25, 0.3) is 0 Å². The molecule has 0 atom stereocenters. The maximum Gasteiger partial charge on any atom is 0.177 e. The molecule has 0 aliphatic rings. The summed E-state index contributed by atoms with van der Waals surface area (Å²) >= 11 is 0. The normalized spacial score (nSPS) is 10.7. The number of hydrogen-bond donors (Lipinski definition) is 0. The van der Waals surface area contributed by atoms with Crippen molar-refractivity contribution in [3.63, 3.8) is 0 Å². The van der Waals surface area contributed by atoms with Crippen molar-refractivity contribution in [2.75, 3.05) is 0 Å². The van der Waals surface area contributed by atoms with Crippen molar-refractivity contribution in [3.8, 4) is 17.1 Å². The number of aromatic nitrogens is 1. The first-order valence-electron chi connectivity index (χ1n) is 5.80. The zero-order chi connectivity index (χ0) is 13.1. The van der Waals surface area contributed by atoms with Gasteiger partial charge in [-0.25, -0.2) is 0 Å². The molecule has 0 amide bonds. The Hall–Kier alpha value is -2.10. The molecule has 2 rings (SSSR count). The number of nitrogens with zero attached hydrogens (tertiary/aromatic N) is 1. The van der Waals surface area contributed by atoms with E-state index in [4.69, 9.17) is 9.26 Å². The number of carbonyl (C=O) groups is 1. The van der Waals surface area contributed by atoms with E-state index in [0.29, 0.717) is 11.3 Å². The third kappa shape index (κ3) is 2.59. The lowest BCUT2D eigenvalue weighted by atomic mass is 10.1. The molecular formula is C14H15NO3. The molecule has 0 aliphatic carbocycles. The number of carbonyl (C=O) groups excluding carboxylic acids is 1. The van der Waals surface area contributed by atoms with Crippen molar-refractivity contribution in [1.82, 2.24) is 5.16 Å². The van der Waals surface area contributed by atoms with Crippen LogP contribution in [0.2, 0.25) is 0 Å². The first-order chi connectivity index (χ1) is 8.58. The third-order valence-corrected chi connectivity index (χ3v) is 2.44. The topological polar surface area (TPSA) is 52.3 Å². The summed E-state index contributed by atoms with van der Waals surface area (Å²) in [5, 5.41) is 3.66. The van der Waals surface area contributed by atoms with Gasteiger partial charge in [0.2, 0.25) is 0 Å². The van der Waals surface area contributed by atoms with Gasteiger partial charge in [0, 0.05) is 5.56 Å². The second kappa shape index (κ2) is 5.04. The number of Topliss-reactive ketones (excluding diaryl/α,β-unsaturated/α-hetero) is 1. The van der Waals surface area contributed by atoms with Crippen LogP contribution in [0.25, 0.3) is 11.3 Å². The number of hydrogen-bond acceptors (Lipinski definition) is 4. The molecule has 4 heteroatoms. The zero-order valence-corrected chi connectivity index (χ0v) is 10.6. The van der Waals surface area contributed by atoms with E-state index in [1.807, 2.05) is 38.1 Å². The average molecular weight is 245 g/mol. The minimum absolute atomic E-state index is 0.0613. The number of ketones is 1. The van der Waals surface area contributed by atoms with E-state index >= 15 is 0 Å². The van der Waals surface area contributed by atoms with E-state index in [1.54, 1.807) is 0 Å². The van der Waals surface area contributed by atoms with Gasteiger partial charge in [0.1, 0.15) is 5.75 Å². The number of benzene rings is 1. The molecule has 94 valence electrons. The van der Waals surface area contributed by atoms with Gasteiger partial charge in [-0.05, 0) is 45.0 Å². The van der Waals surface area contributed by atoms with Crippen LogP contribution in [0.3, 0.4) is 0 Å². The summed E-state index contributed by atoms with van der Waals surface area (Å²) in [6.45, 7) is 5.43. The van der Waals surface area contributed by atoms with Crippen molar-refractivity contribution in [1.29, 1.82) is 0 Å². The molecule has 2 aromatic rings. The third-order valence-electron chi connectivity index (χ3n) is 2.44. The summed E-state index contributed by atoms with van der Waals surface area (Å²) in [4.78, 5) is 11.4. The summed E-state index contributed by atoms with van der Waals surface area (Å²) in [5.74, 6) is 1.23. The van der Waals surface area contributed by atoms with E-state index < -0.39 is 0 Å². The summed E-state index contributed by atoms with van der Waals surface area (Å²) in [6.07, 6.45) is 1.57. The molecule has 0 bridgehead atoms. The lowest BCUT2D eigenvalue weighted by Gasteiger charge is -2.09. The first kappa shape index (κ1) is 12.4. The van der Waals surface area contributed by atoms with Crippen LogP contribution < -0.4 is 4.74 Å². The fraction of sp³-hybridized carbons (Fsp3) is 0.286. The average Bonchev–Trinajstić information content (AvgIpc) is 2.78. The van der Waals surface area contributed by atoms with Crippen LogP contribution in [0.5, 0.6) is 5.75 Å². The van der Waals surface area contributed by atoms with Gasteiger partial charge in [-0.3, -0.25) is 4.79 Å². The Morgan fingerprint density at radius 1 is 1.28 bits per heavy atom. The molecule has 0 saturated carbocycles. The summed E-state index contributed by atoms with van der Waals surface area (Å²) in [5.41, 5.74) is 1.31. The Morgan fingerprint density at radius 3 is 2.50 bits per heavy atom. The van der Waals surface area contributed by atoms with Crippen LogP contribution >= 0.6 is 0 Å². The summed E-state index contributed by atoms with van der Waals surface area (Å²) in [7, 11) is 0. The van der Waals surface area contributed by atoms with Crippen LogP contribution in [-0.2, 0) is 0 Å². The highest BCUT2D eigenvalue weighted by Crippen LogP contribution is 2.26. The largest absolute Gasteiger partial charge is 0.491 e. The van der Waals surface area contributed by atoms with Crippen LogP contribution in [0.1, 0.15) is 31.1 Å². The molecule has 0 spiro atoms. The van der Waals surface area contributed by atoms with Gasteiger partial charge in [0.15, 0.2) is 11.5 Å². The highest BCUT2D eigenvalue weighted by molar-refractivity contribution is 5.99.